The number of nitrogens with one attached hydrogen (secondary N) is 3. The molecule has 14 nitrogen and oxygen atoms in total. The normalized spacial score (nSPS) is 12.4. The summed E-state index contributed by atoms with van der Waals surface area (Å²) in [5.74, 6) is 0.222. The molecule has 0 saturated heterocycles. The average Bonchev–Trinajstić information content (AvgIpc) is 2.98. The van der Waals surface area contributed by atoms with Crippen LogP contribution in [0.4, 0.5) is 28.4 Å². The quantitative estimate of drug-likeness (QED) is 0.121. The monoisotopic (exact) mass is 658 g/mol. The third-order valence-corrected chi connectivity index (χ3v) is 7.23. The first-order chi connectivity index (χ1) is 21.1. The highest BCUT2D eigenvalue weighted by molar-refractivity contribution is 7.92. The number of halogens is 1. The second-order valence-electron chi connectivity index (χ2n) is 10.3. The third kappa shape index (κ3) is 9.20. The van der Waals surface area contributed by atoms with Crippen LogP contribution in [0, 0.1) is 0 Å². The number of ether oxygens (including phenoxy) is 1. The Bertz CT molecular complexity index is 1740. The van der Waals surface area contributed by atoms with E-state index in [9.17, 15) is 13.2 Å². The molecule has 0 fully saturated rings. The molecule has 16 heteroatoms. The zero-order valence-electron chi connectivity index (χ0n) is 26.3. The maximum atomic E-state index is 12.4. The van der Waals surface area contributed by atoms with Gasteiger partial charge in [-0.25, -0.2) is 8.42 Å². The van der Waals surface area contributed by atoms with Gasteiger partial charge in [0.1, 0.15) is 17.1 Å². The molecule has 0 bridgehead atoms. The lowest BCUT2D eigenvalue weighted by molar-refractivity contribution is -0.111. The van der Waals surface area contributed by atoms with Gasteiger partial charge < -0.3 is 35.8 Å². The van der Waals surface area contributed by atoms with Gasteiger partial charge in [-0.1, -0.05) is 18.2 Å². The van der Waals surface area contributed by atoms with Crippen molar-refractivity contribution in [2.75, 3.05) is 79.8 Å². The number of amides is 1. The minimum Gasteiger partial charge on any atom is -0.494 e. The molecule has 0 aliphatic rings. The molecule has 2 aromatic carbocycles. The number of sulfonamides is 1. The number of benzene rings is 2. The van der Waals surface area contributed by atoms with Crippen LogP contribution in [0.25, 0.3) is 11.0 Å². The maximum Gasteiger partial charge on any atom is 0.247 e. The average molecular weight is 659 g/mol. The molecule has 0 radical (unpaired) electrons. The van der Waals surface area contributed by atoms with Crippen molar-refractivity contribution in [2.45, 2.75) is 6.92 Å². The molecule has 0 aliphatic heterocycles. The largest absolute Gasteiger partial charge is 0.494 e. The molecule has 3 rings (SSSR count). The number of carbonyl (C=O) groups excluding carboxylic acids is 1. The van der Waals surface area contributed by atoms with Crippen LogP contribution in [-0.2, 0) is 14.8 Å². The van der Waals surface area contributed by atoms with Crippen molar-refractivity contribution in [3.63, 3.8) is 0 Å². The standard InChI is InChI=1S/C29H39ClN10O4S/c1-9-25(41)34-21-16-23(24(44-7)17-22(21)39(5)15-14-38(3)4)40(6)29(31)36-28(18(2)30)35-20-11-10-19-26(33-13-12-32-19)27(20)37-45(8,42)43/h9-13,16-17,35,37H,1,14-15H2,2-8H3,(H2,31,36)(H,34,41)/b28-18+. The number of fused-ring (bicyclic) bond motifs is 1. The number of methoxy groups -OCH3 is 1. The van der Waals surface area contributed by atoms with Gasteiger partial charge in [-0.3, -0.25) is 19.5 Å². The summed E-state index contributed by atoms with van der Waals surface area (Å²) in [6.07, 6.45) is 5.18. The van der Waals surface area contributed by atoms with Gasteiger partial charge in [0.15, 0.2) is 0 Å². The van der Waals surface area contributed by atoms with E-state index in [-0.39, 0.29) is 28.4 Å². The predicted octanol–water partition coefficient (Wildman–Crippen LogP) is 3.42. The van der Waals surface area contributed by atoms with E-state index < -0.39 is 10.0 Å². The Balaban J connectivity index is 2.06. The molecular weight excluding hydrogens is 620 g/mol. The van der Waals surface area contributed by atoms with Gasteiger partial charge in [-0.2, -0.15) is 4.99 Å². The number of anilines is 5. The van der Waals surface area contributed by atoms with E-state index in [0.717, 1.165) is 18.5 Å². The maximum absolute atomic E-state index is 12.4. The van der Waals surface area contributed by atoms with Gasteiger partial charge in [0.2, 0.25) is 21.9 Å². The van der Waals surface area contributed by atoms with E-state index in [1.807, 2.05) is 26.0 Å². The van der Waals surface area contributed by atoms with Crippen LogP contribution in [-0.4, -0.2) is 89.8 Å². The molecule has 0 saturated carbocycles. The lowest BCUT2D eigenvalue weighted by Crippen LogP contribution is -2.35. The Morgan fingerprint density at radius 3 is 2.38 bits per heavy atom. The Morgan fingerprint density at radius 1 is 1.09 bits per heavy atom. The van der Waals surface area contributed by atoms with Crippen LogP contribution in [0.3, 0.4) is 0 Å². The number of hydrogen-bond donors (Lipinski definition) is 4. The first kappa shape index (κ1) is 34.9. The molecule has 0 unspecified atom stereocenters. The topological polar surface area (TPSA) is 170 Å². The third-order valence-electron chi connectivity index (χ3n) is 6.47. The van der Waals surface area contributed by atoms with E-state index in [2.05, 4.69) is 41.8 Å². The summed E-state index contributed by atoms with van der Waals surface area (Å²) in [4.78, 5) is 31.0. The first-order valence-corrected chi connectivity index (χ1v) is 15.9. The lowest BCUT2D eigenvalue weighted by atomic mass is 10.1. The van der Waals surface area contributed by atoms with E-state index in [4.69, 9.17) is 22.1 Å². The van der Waals surface area contributed by atoms with E-state index >= 15 is 0 Å². The van der Waals surface area contributed by atoms with Crippen molar-refractivity contribution in [1.29, 1.82) is 0 Å². The highest BCUT2D eigenvalue weighted by Crippen LogP contribution is 2.39. The van der Waals surface area contributed by atoms with Crippen LogP contribution < -0.4 is 35.6 Å². The lowest BCUT2D eigenvalue weighted by Gasteiger charge is -2.28. The highest BCUT2D eigenvalue weighted by Gasteiger charge is 2.20. The van der Waals surface area contributed by atoms with Gasteiger partial charge in [-0.15, -0.1) is 0 Å². The number of nitrogens with two attached hydrogens (primary N) is 1. The van der Waals surface area contributed by atoms with Gasteiger partial charge in [0.25, 0.3) is 0 Å². The molecule has 3 aromatic rings. The Morgan fingerprint density at radius 2 is 1.78 bits per heavy atom. The van der Waals surface area contributed by atoms with E-state index in [1.165, 1.54) is 25.6 Å². The van der Waals surface area contributed by atoms with Crippen molar-refractivity contribution in [3.8, 4) is 5.75 Å². The molecule has 1 amide bonds. The fraction of sp³-hybridized carbons (Fsp3) is 0.310. The molecule has 0 spiro atoms. The minimum absolute atomic E-state index is 0.00344. The van der Waals surface area contributed by atoms with Crippen LogP contribution in [0.5, 0.6) is 5.75 Å². The molecule has 1 aromatic heterocycles. The van der Waals surface area contributed by atoms with Gasteiger partial charge >= 0.3 is 0 Å². The van der Waals surface area contributed by atoms with Gasteiger partial charge in [0.05, 0.1) is 52.4 Å². The zero-order chi connectivity index (χ0) is 33.5. The van der Waals surface area contributed by atoms with Gasteiger partial charge in [-0.05, 0) is 45.3 Å². The number of nitrogens with zero attached hydrogens (tertiary/aromatic N) is 6. The van der Waals surface area contributed by atoms with Gasteiger partial charge in [0, 0.05) is 45.6 Å². The predicted molar refractivity (Wildman–Crippen MR) is 184 cm³/mol. The summed E-state index contributed by atoms with van der Waals surface area (Å²) < 4.78 is 32.7. The number of carbonyl (C=O) groups is 1. The van der Waals surface area contributed by atoms with Crippen molar-refractivity contribution in [2.24, 2.45) is 10.7 Å². The van der Waals surface area contributed by atoms with Crippen molar-refractivity contribution >= 4 is 73.0 Å². The number of likely N-dealkylation sites (N-methyl/N-ethyl adjacent to an activating group) is 2. The minimum atomic E-state index is -3.69. The highest BCUT2D eigenvalue weighted by atomic mass is 35.5. The molecule has 1 heterocycles. The first-order valence-electron chi connectivity index (χ1n) is 13.6. The molecular formula is C29H39ClN10O4S. The Kier molecular flexibility index (Phi) is 11.6. The Labute approximate surface area is 268 Å². The number of aromatic nitrogens is 2. The summed E-state index contributed by atoms with van der Waals surface area (Å²) >= 11 is 6.44. The fourth-order valence-electron chi connectivity index (χ4n) is 4.11. The summed E-state index contributed by atoms with van der Waals surface area (Å²) in [6.45, 7) is 6.62. The molecule has 45 heavy (non-hydrogen) atoms. The number of allylic oxidation sites excluding steroid dienone is 1. The van der Waals surface area contributed by atoms with Crippen LogP contribution in [0.15, 0.2) is 65.2 Å². The van der Waals surface area contributed by atoms with E-state index in [0.29, 0.717) is 40.4 Å². The van der Waals surface area contributed by atoms with Crippen molar-refractivity contribution in [3.05, 3.63) is 60.2 Å². The summed E-state index contributed by atoms with van der Waals surface area (Å²) in [7, 11) is 5.38. The van der Waals surface area contributed by atoms with Crippen LogP contribution in [0.1, 0.15) is 6.92 Å². The smallest absolute Gasteiger partial charge is 0.247 e. The molecule has 242 valence electrons. The summed E-state index contributed by atoms with van der Waals surface area (Å²) in [6, 6.07) is 6.83. The number of hydrogen-bond acceptors (Lipinski definition) is 10. The molecule has 0 aliphatic carbocycles. The SMILES string of the molecule is C=CC(=O)Nc1cc(N(C)/C(N)=N/C(Nc2ccc3nccnc3c2NS(C)(=O)=O)=C(\C)Cl)c(OC)cc1N(C)CCN(C)C. The zero-order valence-corrected chi connectivity index (χ0v) is 27.9. The van der Waals surface area contributed by atoms with Crippen LogP contribution in [0.2, 0.25) is 0 Å². The molecule has 0 atom stereocenters. The number of rotatable bonds is 13. The summed E-state index contributed by atoms with van der Waals surface area (Å²) in [5, 5.41) is 6.16. The summed E-state index contributed by atoms with van der Waals surface area (Å²) in [5.41, 5.74) is 9.50. The number of aliphatic imine (C=N–C) groups is 1. The van der Waals surface area contributed by atoms with E-state index in [1.54, 1.807) is 43.1 Å². The second kappa shape index (κ2) is 14.9. The molecule has 5 N–H and O–H groups in total. The fourth-order valence-corrected chi connectivity index (χ4v) is 4.78. The second-order valence-corrected chi connectivity index (χ2v) is 12.6. The van der Waals surface area contributed by atoms with Crippen molar-refractivity contribution in [1.82, 2.24) is 14.9 Å². The van der Waals surface area contributed by atoms with Crippen molar-refractivity contribution < 1.29 is 17.9 Å². The van der Waals surface area contributed by atoms with Crippen LogP contribution >= 0.6 is 11.6 Å². The number of guanidine groups is 1. The Hall–Kier alpha value is -4.60.